The lowest BCUT2D eigenvalue weighted by Gasteiger charge is -2.15. The number of fused-ring (bicyclic) bond motifs is 9. The van der Waals surface area contributed by atoms with Crippen LogP contribution in [0.1, 0.15) is 13.8 Å². The minimum atomic E-state index is 0.622. The van der Waals surface area contributed by atoms with Crippen molar-refractivity contribution in [3.63, 3.8) is 0 Å². The normalized spacial score (nSPS) is 11.6. The maximum atomic E-state index is 6.77. The molecule has 4 heteroatoms. The molecular weight excluding hydrogens is 707 g/mol. The molecule has 0 saturated heterocycles. The van der Waals surface area contributed by atoms with Crippen molar-refractivity contribution in [2.24, 2.45) is 0 Å². The van der Waals surface area contributed by atoms with Gasteiger partial charge in [0.2, 0.25) is 5.95 Å². The van der Waals surface area contributed by atoms with E-state index >= 15 is 0 Å². The molecule has 0 unspecified atom stereocenters. The molecule has 12 aromatic rings. The van der Waals surface area contributed by atoms with E-state index in [9.17, 15) is 0 Å². The Labute approximate surface area is 335 Å². The molecule has 0 radical (unpaired) electrons. The Bertz CT molecular complexity index is 3530. The first kappa shape index (κ1) is 33.8. The zero-order chi connectivity index (χ0) is 38.7. The molecule has 58 heavy (non-hydrogen) atoms. The van der Waals surface area contributed by atoms with Gasteiger partial charge in [0.05, 0.1) is 22.2 Å². The van der Waals surface area contributed by atoms with Gasteiger partial charge in [-0.2, -0.15) is 0 Å². The second kappa shape index (κ2) is 13.6. The third kappa shape index (κ3) is 5.15. The zero-order valence-corrected chi connectivity index (χ0v) is 32.1. The molecule has 9 aromatic carbocycles. The second-order valence-corrected chi connectivity index (χ2v) is 14.5. The van der Waals surface area contributed by atoms with Crippen molar-refractivity contribution < 1.29 is 4.42 Å². The first-order valence-corrected chi connectivity index (χ1v) is 20.0. The average Bonchev–Trinajstić information content (AvgIpc) is 3.84. The third-order valence-electron chi connectivity index (χ3n) is 11.4. The molecule has 0 amide bonds. The van der Waals surface area contributed by atoms with Gasteiger partial charge in [0.15, 0.2) is 0 Å². The highest BCUT2D eigenvalue weighted by molar-refractivity contribution is 6.23. The van der Waals surface area contributed by atoms with Crippen molar-refractivity contribution in [3.8, 4) is 39.5 Å². The molecule has 0 spiro atoms. The Kier molecular flexibility index (Phi) is 7.90. The Balaban J connectivity index is 0.00000190. The maximum absolute atomic E-state index is 6.77. The highest BCUT2D eigenvalue weighted by Gasteiger charge is 2.24. The fourth-order valence-corrected chi connectivity index (χ4v) is 8.89. The number of nitrogens with zero attached hydrogens (tertiary/aromatic N) is 3. The van der Waals surface area contributed by atoms with Crippen LogP contribution in [-0.2, 0) is 0 Å². The van der Waals surface area contributed by atoms with Crippen LogP contribution in [0.4, 0.5) is 0 Å². The molecule has 0 aliphatic rings. The van der Waals surface area contributed by atoms with Crippen LogP contribution in [0, 0.1) is 0 Å². The highest BCUT2D eigenvalue weighted by Crippen LogP contribution is 2.45. The van der Waals surface area contributed by atoms with Crippen LogP contribution in [-0.4, -0.2) is 14.5 Å². The lowest BCUT2D eigenvalue weighted by Crippen LogP contribution is -2.04. The van der Waals surface area contributed by atoms with E-state index < -0.39 is 0 Å². The number of hydrogen-bond acceptors (Lipinski definition) is 3. The van der Waals surface area contributed by atoms with Crippen LogP contribution in [0.3, 0.4) is 0 Å². The summed E-state index contributed by atoms with van der Waals surface area (Å²) in [5.41, 5.74) is 11.2. The maximum Gasteiger partial charge on any atom is 0.235 e. The van der Waals surface area contributed by atoms with E-state index in [1.54, 1.807) is 0 Å². The molecule has 0 aliphatic heterocycles. The number of para-hydroxylation sites is 4. The molecule has 0 fully saturated rings. The van der Waals surface area contributed by atoms with E-state index in [1.807, 2.05) is 19.9 Å². The number of aromatic nitrogens is 3. The lowest BCUT2D eigenvalue weighted by molar-refractivity contribution is 0.670. The number of rotatable bonds is 4. The van der Waals surface area contributed by atoms with E-state index in [4.69, 9.17) is 14.4 Å². The van der Waals surface area contributed by atoms with Crippen LogP contribution in [0.25, 0.3) is 116 Å². The van der Waals surface area contributed by atoms with Crippen molar-refractivity contribution in [1.82, 2.24) is 14.5 Å². The molecule has 0 aliphatic carbocycles. The summed E-state index contributed by atoms with van der Waals surface area (Å²) in [6.45, 7) is 4.00. The largest absolute Gasteiger partial charge is 0.455 e. The molecule has 3 heterocycles. The summed E-state index contributed by atoms with van der Waals surface area (Å²) in [7, 11) is 0. The Morgan fingerprint density at radius 3 is 1.88 bits per heavy atom. The number of furan rings is 1. The predicted octanol–water partition coefficient (Wildman–Crippen LogP) is 15.0. The van der Waals surface area contributed by atoms with Gasteiger partial charge in [-0.15, -0.1) is 0 Å². The van der Waals surface area contributed by atoms with Gasteiger partial charge in [0.25, 0.3) is 0 Å². The van der Waals surface area contributed by atoms with Crippen LogP contribution >= 0.6 is 0 Å². The van der Waals surface area contributed by atoms with Crippen LogP contribution < -0.4 is 0 Å². The smallest absolute Gasteiger partial charge is 0.235 e. The number of hydrogen-bond donors (Lipinski definition) is 0. The van der Waals surface area contributed by atoms with Crippen molar-refractivity contribution >= 4 is 76.2 Å². The molecule has 0 N–H and O–H groups in total. The van der Waals surface area contributed by atoms with Crippen LogP contribution in [0.5, 0.6) is 0 Å². The molecule has 3 aromatic heterocycles. The van der Waals surface area contributed by atoms with Gasteiger partial charge in [0, 0.05) is 43.6 Å². The Hall–Kier alpha value is -7.56. The molecule has 274 valence electrons. The predicted molar refractivity (Wildman–Crippen MR) is 244 cm³/mol. The minimum Gasteiger partial charge on any atom is -0.455 e. The van der Waals surface area contributed by atoms with Crippen LogP contribution in [0.15, 0.2) is 192 Å². The summed E-state index contributed by atoms with van der Waals surface area (Å²) in [5, 5.41) is 10.3. The summed E-state index contributed by atoms with van der Waals surface area (Å²) in [6, 6.07) is 66.6. The van der Waals surface area contributed by atoms with Gasteiger partial charge >= 0.3 is 0 Å². The van der Waals surface area contributed by atoms with E-state index in [0.29, 0.717) is 5.95 Å². The molecule has 0 atom stereocenters. The monoisotopic (exact) mass is 743 g/mol. The van der Waals surface area contributed by atoms with Gasteiger partial charge in [-0.25, -0.2) is 9.97 Å². The number of benzene rings is 9. The van der Waals surface area contributed by atoms with Gasteiger partial charge in [-0.3, -0.25) is 4.57 Å². The van der Waals surface area contributed by atoms with E-state index in [1.165, 1.54) is 21.9 Å². The summed E-state index contributed by atoms with van der Waals surface area (Å²) >= 11 is 0. The minimum absolute atomic E-state index is 0.622. The summed E-state index contributed by atoms with van der Waals surface area (Å²) in [6.07, 6.45) is 0. The Morgan fingerprint density at radius 1 is 0.431 bits per heavy atom. The SMILES string of the molecule is CC.c1ccc2c(-c3ccc(-c4nc(-n5c6ccccc6c6cccc(-c7c8ccccc8cc8c7oc7ccccc78)c65)nc5ccccc45)cc3)cccc2c1. The quantitative estimate of drug-likeness (QED) is 0.180. The summed E-state index contributed by atoms with van der Waals surface area (Å²) < 4.78 is 9.03. The second-order valence-electron chi connectivity index (χ2n) is 14.5. The van der Waals surface area contributed by atoms with Crippen molar-refractivity contribution in [1.29, 1.82) is 0 Å². The van der Waals surface area contributed by atoms with E-state index in [-0.39, 0.29) is 0 Å². The van der Waals surface area contributed by atoms with Gasteiger partial charge in [0.1, 0.15) is 11.2 Å². The van der Waals surface area contributed by atoms with E-state index in [0.717, 1.165) is 87.8 Å². The average molecular weight is 744 g/mol. The molecular formula is C54H37N3O. The first-order valence-electron chi connectivity index (χ1n) is 20.0. The molecule has 4 nitrogen and oxygen atoms in total. The van der Waals surface area contributed by atoms with Crippen LogP contribution in [0.2, 0.25) is 0 Å². The third-order valence-corrected chi connectivity index (χ3v) is 11.4. The summed E-state index contributed by atoms with van der Waals surface area (Å²) in [4.78, 5) is 10.8. The van der Waals surface area contributed by atoms with Gasteiger partial charge in [-0.05, 0) is 56.9 Å². The fraction of sp³-hybridized carbons (Fsp3) is 0.0370. The fourth-order valence-electron chi connectivity index (χ4n) is 8.89. The first-order chi connectivity index (χ1) is 28.8. The van der Waals surface area contributed by atoms with E-state index in [2.05, 4.69) is 187 Å². The standard InChI is InChI=1S/C52H31N3O.C2H6/c1-3-16-36-32(13-1)15-11-21-37(36)33-27-29-34(30-28-33)49-42-20-5-8-24-45(42)53-52(54-49)55-46-25-9-6-18-39(46)41-22-12-23-43(50(41)55)48-38-17-4-2-14-35(38)31-44-40-19-7-10-26-47(40)56-51(44)48;1-2/h1-31H;1-2H3. The lowest BCUT2D eigenvalue weighted by atomic mass is 9.93. The van der Waals surface area contributed by atoms with Crippen molar-refractivity contribution in [3.05, 3.63) is 188 Å². The molecule has 12 rings (SSSR count). The van der Waals surface area contributed by atoms with Crippen molar-refractivity contribution in [2.75, 3.05) is 0 Å². The Morgan fingerprint density at radius 2 is 1.03 bits per heavy atom. The topological polar surface area (TPSA) is 43.9 Å². The summed E-state index contributed by atoms with van der Waals surface area (Å²) in [5.74, 6) is 0.622. The highest BCUT2D eigenvalue weighted by atomic mass is 16.3. The molecule has 0 saturated carbocycles. The zero-order valence-electron chi connectivity index (χ0n) is 32.1. The molecule has 0 bridgehead atoms. The van der Waals surface area contributed by atoms with Gasteiger partial charge < -0.3 is 4.42 Å². The van der Waals surface area contributed by atoms with Gasteiger partial charge in [-0.1, -0.05) is 178 Å². The van der Waals surface area contributed by atoms with Crippen molar-refractivity contribution in [2.45, 2.75) is 13.8 Å².